The molecule has 1 atom stereocenters. The number of benzene rings is 1. The van der Waals surface area contributed by atoms with Crippen LogP contribution in [0.1, 0.15) is 43.2 Å². The topological polar surface area (TPSA) is 23.5 Å². The highest BCUT2D eigenvalue weighted by atomic mass is 35.5. The molecule has 0 saturated carbocycles. The molecule has 0 bridgehead atoms. The molecular weight excluding hydrogens is 246 g/mol. The molecule has 0 spiro atoms. The normalized spacial score (nSPS) is 20.4. The van der Waals surface area contributed by atoms with Crippen molar-refractivity contribution in [3.8, 4) is 0 Å². The van der Waals surface area contributed by atoms with Gasteiger partial charge in [0.2, 0.25) is 0 Å². The molecule has 0 amide bonds. The predicted molar refractivity (Wildman–Crippen MR) is 78.3 cm³/mol. The largest absolute Gasteiger partial charge is 0.392 e. The van der Waals surface area contributed by atoms with Gasteiger partial charge < -0.3 is 10.0 Å². The number of aliphatic hydroxyl groups excluding tert-OH is 1. The third kappa shape index (κ3) is 3.98. The van der Waals surface area contributed by atoms with Crippen LogP contribution in [0.3, 0.4) is 0 Å². The van der Waals surface area contributed by atoms with Crippen LogP contribution in [0.5, 0.6) is 0 Å². The monoisotopic (exact) mass is 269 g/mol. The summed E-state index contributed by atoms with van der Waals surface area (Å²) in [7, 11) is 0. The van der Waals surface area contributed by atoms with Crippen LogP contribution in [-0.2, 0) is 6.61 Å². The quantitative estimate of drug-likeness (QED) is 0.908. The van der Waals surface area contributed by atoms with E-state index >= 15 is 0 Å². The fourth-order valence-electron chi connectivity index (χ4n) is 2.79. The Bertz CT molecular complexity index is 354. The summed E-state index contributed by atoms with van der Waals surface area (Å²) >= 11 is 0. The van der Waals surface area contributed by atoms with E-state index in [9.17, 15) is 5.11 Å². The fourth-order valence-corrected chi connectivity index (χ4v) is 2.79. The lowest BCUT2D eigenvalue weighted by atomic mass is 9.89. The molecule has 1 aliphatic heterocycles. The van der Waals surface area contributed by atoms with E-state index in [1.807, 2.05) is 6.07 Å². The number of hydrogen-bond donors (Lipinski definition) is 1. The zero-order valence-electron chi connectivity index (χ0n) is 11.1. The van der Waals surface area contributed by atoms with E-state index in [-0.39, 0.29) is 19.0 Å². The summed E-state index contributed by atoms with van der Waals surface area (Å²) < 4.78 is 0. The van der Waals surface area contributed by atoms with Crippen LogP contribution in [0.15, 0.2) is 24.3 Å². The van der Waals surface area contributed by atoms with Crippen LogP contribution in [-0.4, -0.2) is 29.6 Å². The Hall–Kier alpha value is -0.570. The van der Waals surface area contributed by atoms with Crippen molar-refractivity contribution in [3.05, 3.63) is 35.4 Å². The zero-order chi connectivity index (χ0) is 12.1. The minimum atomic E-state index is 0. The molecule has 1 aromatic rings. The van der Waals surface area contributed by atoms with Gasteiger partial charge in [0.25, 0.3) is 0 Å². The first-order valence-corrected chi connectivity index (χ1v) is 6.75. The number of rotatable bonds is 4. The second-order valence-corrected chi connectivity index (χ2v) is 5.04. The van der Waals surface area contributed by atoms with Crippen molar-refractivity contribution in [2.24, 2.45) is 0 Å². The van der Waals surface area contributed by atoms with Crippen LogP contribution in [0.25, 0.3) is 0 Å². The van der Waals surface area contributed by atoms with Gasteiger partial charge in [-0.25, -0.2) is 0 Å². The van der Waals surface area contributed by atoms with Crippen LogP contribution in [0, 0.1) is 0 Å². The summed E-state index contributed by atoms with van der Waals surface area (Å²) in [4.78, 5) is 2.57. The number of aliphatic hydroxyl groups is 1. The highest BCUT2D eigenvalue weighted by molar-refractivity contribution is 5.85. The first-order chi connectivity index (χ1) is 8.33. The van der Waals surface area contributed by atoms with Crippen molar-refractivity contribution in [2.75, 3.05) is 19.6 Å². The molecule has 3 heteroatoms. The van der Waals surface area contributed by atoms with E-state index < -0.39 is 0 Å². The Morgan fingerprint density at radius 1 is 1.39 bits per heavy atom. The highest BCUT2D eigenvalue weighted by Crippen LogP contribution is 2.27. The minimum absolute atomic E-state index is 0. The van der Waals surface area contributed by atoms with Gasteiger partial charge in [-0.05, 0) is 49.4 Å². The van der Waals surface area contributed by atoms with Crippen LogP contribution >= 0.6 is 12.4 Å². The maximum Gasteiger partial charge on any atom is 0.0681 e. The van der Waals surface area contributed by atoms with Crippen molar-refractivity contribution >= 4 is 12.4 Å². The second-order valence-electron chi connectivity index (χ2n) is 5.04. The first kappa shape index (κ1) is 15.5. The number of halogens is 1. The molecule has 1 aromatic carbocycles. The third-order valence-electron chi connectivity index (χ3n) is 3.65. The van der Waals surface area contributed by atoms with Crippen molar-refractivity contribution < 1.29 is 5.11 Å². The molecule has 18 heavy (non-hydrogen) atoms. The van der Waals surface area contributed by atoms with Crippen molar-refractivity contribution in [2.45, 2.75) is 38.7 Å². The minimum Gasteiger partial charge on any atom is -0.392 e. The molecule has 1 aliphatic rings. The van der Waals surface area contributed by atoms with E-state index in [1.165, 1.54) is 44.5 Å². The maximum absolute atomic E-state index is 9.19. The zero-order valence-corrected chi connectivity index (χ0v) is 12.0. The molecular formula is C15H24ClNO. The number of likely N-dealkylation sites (tertiary alicyclic amines) is 1. The molecule has 0 radical (unpaired) electrons. The average molecular weight is 270 g/mol. The Labute approximate surface area is 116 Å². The predicted octanol–water partition coefficient (Wildman–Crippen LogP) is 3.19. The van der Waals surface area contributed by atoms with Gasteiger partial charge in [0.15, 0.2) is 0 Å². The molecule has 1 saturated heterocycles. The van der Waals surface area contributed by atoms with Gasteiger partial charge in [-0.3, -0.25) is 0 Å². The van der Waals surface area contributed by atoms with E-state index in [0.29, 0.717) is 5.92 Å². The first-order valence-electron chi connectivity index (χ1n) is 6.75. The second kappa shape index (κ2) is 7.78. The lowest BCUT2D eigenvalue weighted by Crippen LogP contribution is -2.34. The lowest BCUT2D eigenvalue weighted by Gasteiger charge is -2.32. The van der Waals surface area contributed by atoms with Gasteiger partial charge in [0, 0.05) is 6.54 Å². The molecule has 0 aromatic heterocycles. The number of hydrogen-bond acceptors (Lipinski definition) is 2. The van der Waals surface area contributed by atoms with E-state index in [2.05, 4.69) is 30.0 Å². The standard InChI is InChI=1S/C15H23NO.ClH/c1-2-8-16-9-4-7-15(11-16)14-6-3-5-13(10-14)12-17;/h3,5-6,10,15,17H,2,4,7-9,11-12H2,1H3;1H. The van der Waals surface area contributed by atoms with Gasteiger partial charge in [-0.15, -0.1) is 12.4 Å². The van der Waals surface area contributed by atoms with E-state index in [1.54, 1.807) is 0 Å². The van der Waals surface area contributed by atoms with Crippen LogP contribution in [0.2, 0.25) is 0 Å². The summed E-state index contributed by atoms with van der Waals surface area (Å²) in [5, 5.41) is 9.19. The Kier molecular flexibility index (Phi) is 6.69. The Balaban J connectivity index is 0.00000162. The third-order valence-corrected chi connectivity index (χ3v) is 3.65. The fraction of sp³-hybridized carbons (Fsp3) is 0.600. The van der Waals surface area contributed by atoms with E-state index in [4.69, 9.17) is 0 Å². The molecule has 2 rings (SSSR count). The van der Waals surface area contributed by atoms with Crippen LogP contribution < -0.4 is 0 Å². The van der Waals surface area contributed by atoms with Gasteiger partial charge in [0.1, 0.15) is 0 Å². The molecule has 2 nitrogen and oxygen atoms in total. The van der Waals surface area contributed by atoms with Gasteiger partial charge in [-0.1, -0.05) is 31.2 Å². The number of piperidine rings is 1. The van der Waals surface area contributed by atoms with Crippen LogP contribution in [0.4, 0.5) is 0 Å². The summed E-state index contributed by atoms with van der Waals surface area (Å²) in [5.41, 5.74) is 2.44. The summed E-state index contributed by atoms with van der Waals surface area (Å²) in [6, 6.07) is 8.44. The smallest absolute Gasteiger partial charge is 0.0681 e. The van der Waals surface area contributed by atoms with Gasteiger partial charge in [0.05, 0.1) is 6.61 Å². The molecule has 1 unspecified atom stereocenters. The number of nitrogens with zero attached hydrogens (tertiary/aromatic N) is 1. The SMILES string of the molecule is CCCN1CCCC(c2cccc(CO)c2)C1.Cl. The molecule has 102 valence electrons. The highest BCUT2D eigenvalue weighted by Gasteiger charge is 2.20. The molecule has 1 fully saturated rings. The lowest BCUT2D eigenvalue weighted by molar-refractivity contribution is 0.208. The summed E-state index contributed by atoms with van der Waals surface area (Å²) in [6.07, 6.45) is 3.83. The average Bonchev–Trinajstić information content (AvgIpc) is 2.40. The molecule has 1 heterocycles. The summed E-state index contributed by atoms with van der Waals surface area (Å²) in [6.45, 7) is 6.05. The van der Waals surface area contributed by atoms with Gasteiger partial charge >= 0.3 is 0 Å². The summed E-state index contributed by atoms with van der Waals surface area (Å²) in [5.74, 6) is 0.654. The Morgan fingerprint density at radius 2 is 2.22 bits per heavy atom. The van der Waals surface area contributed by atoms with Crippen molar-refractivity contribution in [3.63, 3.8) is 0 Å². The van der Waals surface area contributed by atoms with Crippen molar-refractivity contribution in [1.29, 1.82) is 0 Å². The molecule has 0 aliphatic carbocycles. The molecule has 1 N–H and O–H groups in total. The Morgan fingerprint density at radius 3 is 2.94 bits per heavy atom. The maximum atomic E-state index is 9.19. The van der Waals surface area contributed by atoms with E-state index in [0.717, 1.165) is 5.56 Å². The van der Waals surface area contributed by atoms with Gasteiger partial charge in [-0.2, -0.15) is 0 Å². The van der Waals surface area contributed by atoms with Crippen molar-refractivity contribution in [1.82, 2.24) is 4.90 Å².